The highest BCUT2D eigenvalue weighted by atomic mass is 16.2. The van der Waals surface area contributed by atoms with Crippen LogP contribution in [0.4, 0.5) is 0 Å². The number of hydrogen-bond donors (Lipinski definition) is 0. The molecule has 0 saturated carbocycles. The molecule has 3 aliphatic heterocycles. The summed E-state index contributed by atoms with van der Waals surface area (Å²) in [6, 6.07) is 4.83. The minimum absolute atomic E-state index is 0.209. The molecule has 0 N–H and O–H groups in total. The van der Waals surface area contributed by atoms with Gasteiger partial charge in [0.25, 0.3) is 0 Å². The molecular weight excluding hydrogens is 362 g/mol. The zero-order valence-corrected chi connectivity index (χ0v) is 18.0. The highest BCUT2D eigenvalue weighted by molar-refractivity contribution is 5.79. The van der Waals surface area contributed by atoms with Gasteiger partial charge in [-0.05, 0) is 77.0 Å². The maximum atomic E-state index is 13.2. The SMILES string of the molecule is CN1CCCN(C(=O)[C@@H]2CCCN(C3CCN(Cc4cccnc4)CC3)C2)CC1. The van der Waals surface area contributed by atoms with Crippen LogP contribution in [0.3, 0.4) is 0 Å². The van der Waals surface area contributed by atoms with E-state index in [4.69, 9.17) is 0 Å². The van der Waals surface area contributed by atoms with Crippen molar-refractivity contribution in [3.63, 3.8) is 0 Å². The second-order valence-corrected chi connectivity index (χ2v) is 9.18. The van der Waals surface area contributed by atoms with Gasteiger partial charge in [-0.15, -0.1) is 0 Å². The molecule has 160 valence electrons. The van der Waals surface area contributed by atoms with Gasteiger partial charge in [0.15, 0.2) is 0 Å². The lowest BCUT2D eigenvalue weighted by atomic mass is 9.92. The average molecular weight is 400 g/mol. The molecule has 3 fully saturated rings. The first-order chi connectivity index (χ1) is 14.2. The quantitative estimate of drug-likeness (QED) is 0.774. The van der Waals surface area contributed by atoms with Crippen LogP contribution in [0.25, 0.3) is 0 Å². The summed E-state index contributed by atoms with van der Waals surface area (Å²) in [6.07, 6.45) is 9.60. The normalized spacial score (nSPS) is 26.4. The van der Waals surface area contributed by atoms with Gasteiger partial charge in [-0.2, -0.15) is 0 Å². The summed E-state index contributed by atoms with van der Waals surface area (Å²) in [4.78, 5) is 27.1. The number of amides is 1. The molecule has 4 rings (SSSR count). The van der Waals surface area contributed by atoms with Crippen LogP contribution in [0.2, 0.25) is 0 Å². The van der Waals surface area contributed by atoms with E-state index in [2.05, 4.69) is 37.7 Å². The lowest BCUT2D eigenvalue weighted by Gasteiger charge is -2.42. The molecule has 1 aromatic rings. The highest BCUT2D eigenvalue weighted by Gasteiger charge is 2.33. The Kier molecular flexibility index (Phi) is 7.16. The van der Waals surface area contributed by atoms with Gasteiger partial charge in [0.1, 0.15) is 0 Å². The topological polar surface area (TPSA) is 42.9 Å². The first-order valence-corrected chi connectivity index (χ1v) is 11.5. The molecule has 4 heterocycles. The molecule has 3 saturated heterocycles. The molecule has 1 atom stereocenters. The van der Waals surface area contributed by atoms with E-state index in [-0.39, 0.29) is 5.92 Å². The highest BCUT2D eigenvalue weighted by Crippen LogP contribution is 2.26. The molecule has 3 aliphatic rings. The maximum Gasteiger partial charge on any atom is 0.227 e. The summed E-state index contributed by atoms with van der Waals surface area (Å²) < 4.78 is 0. The predicted molar refractivity (Wildman–Crippen MR) is 116 cm³/mol. The smallest absolute Gasteiger partial charge is 0.227 e. The Morgan fingerprint density at radius 2 is 1.90 bits per heavy atom. The Morgan fingerprint density at radius 3 is 2.69 bits per heavy atom. The van der Waals surface area contributed by atoms with Crippen LogP contribution in [0.15, 0.2) is 24.5 Å². The van der Waals surface area contributed by atoms with Crippen LogP contribution in [0.1, 0.15) is 37.7 Å². The molecular formula is C23H37N5O. The van der Waals surface area contributed by atoms with Gasteiger partial charge >= 0.3 is 0 Å². The molecule has 1 aromatic heterocycles. The lowest BCUT2D eigenvalue weighted by Crippen LogP contribution is -2.51. The van der Waals surface area contributed by atoms with E-state index in [0.717, 1.165) is 65.2 Å². The third-order valence-electron chi connectivity index (χ3n) is 7.04. The van der Waals surface area contributed by atoms with Crippen LogP contribution in [-0.4, -0.2) is 95.9 Å². The minimum atomic E-state index is 0.209. The second-order valence-electron chi connectivity index (χ2n) is 9.18. The van der Waals surface area contributed by atoms with Crippen LogP contribution >= 0.6 is 0 Å². The number of rotatable bonds is 4. The molecule has 6 heteroatoms. The van der Waals surface area contributed by atoms with Crippen molar-refractivity contribution in [2.45, 2.75) is 44.7 Å². The zero-order chi connectivity index (χ0) is 20.1. The Balaban J connectivity index is 1.26. The van der Waals surface area contributed by atoms with E-state index < -0.39 is 0 Å². The van der Waals surface area contributed by atoms with Crippen molar-refractivity contribution in [3.05, 3.63) is 30.1 Å². The van der Waals surface area contributed by atoms with Gasteiger partial charge in [-0.1, -0.05) is 6.07 Å². The van der Waals surface area contributed by atoms with Crippen LogP contribution < -0.4 is 0 Å². The van der Waals surface area contributed by atoms with Crippen LogP contribution in [0.5, 0.6) is 0 Å². The van der Waals surface area contributed by atoms with Crippen LogP contribution in [-0.2, 0) is 11.3 Å². The molecule has 0 aliphatic carbocycles. The summed E-state index contributed by atoms with van der Waals surface area (Å²) >= 11 is 0. The standard InChI is InChI=1S/C23H37N5O/c1-25-10-4-12-27(16-15-25)23(29)21-6-3-11-28(19-21)22-7-13-26(14-8-22)18-20-5-2-9-24-17-20/h2,5,9,17,21-22H,3-4,6-8,10-16,18-19H2,1H3/t21-/m1/s1. The molecule has 0 spiro atoms. The van der Waals surface area contributed by atoms with Gasteiger partial charge in [-0.25, -0.2) is 0 Å². The molecule has 0 unspecified atom stereocenters. The fourth-order valence-corrected chi connectivity index (χ4v) is 5.26. The molecule has 6 nitrogen and oxygen atoms in total. The summed E-state index contributed by atoms with van der Waals surface area (Å²) in [5, 5.41) is 0. The molecule has 0 aromatic carbocycles. The van der Waals surface area contributed by atoms with E-state index in [9.17, 15) is 4.79 Å². The van der Waals surface area contributed by atoms with E-state index in [0.29, 0.717) is 11.9 Å². The first kappa shape index (κ1) is 20.8. The van der Waals surface area contributed by atoms with Gasteiger partial charge in [0.05, 0.1) is 5.92 Å². The predicted octanol–water partition coefficient (Wildman–Crippen LogP) is 1.92. The number of carbonyl (C=O) groups excluding carboxylic acids is 1. The summed E-state index contributed by atoms with van der Waals surface area (Å²) in [5.41, 5.74) is 1.30. The minimum Gasteiger partial charge on any atom is -0.341 e. The Labute approximate surface area is 175 Å². The van der Waals surface area contributed by atoms with Crippen molar-refractivity contribution in [2.75, 3.05) is 59.4 Å². The Morgan fingerprint density at radius 1 is 1.03 bits per heavy atom. The first-order valence-electron chi connectivity index (χ1n) is 11.5. The van der Waals surface area contributed by atoms with Crippen molar-refractivity contribution >= 4 is 5.91 Å². The lowest BCUT2D eigenvalue weighted by molar-refractivity contribution is -0.137. The molecule has 29 heavy (non-hydrogen) atoms. The number of carbonyl (C=O) groups is 1. The van der Waals surface area contributed by atoms with Crippen LogP contribution in [0, 0.1) is 5.92 Å². The van der Waals surface area contributed by atoms with E-state index in [1.54, 1.807) is 0 Å². The van der Waals surface area contributed by atoms with Gasteiger partial charge in [0, 0.05) is 51.2 Å². The Bertz CT molecular complexity index is 646. The number of hydrogen-bond acceptors (Lipinski definition) is 5. The molecule has 0 radical (unpaired) electrons. The molecule has 0 bridgehead atoms. The number of nitrogens with zero attached hydrogens (tertiary/aromatic N) is 5. The third kappa shape index (κ3) is 5.56. The van der Waals surface area contributed by atoms with Gasteiger partial charge in [0.2, 0.25) is 5.91 Å². The summed E-state index contributed by atoms with van der Waals surface area (Å²) in [7, 11) is 2.16. The zero-order valence-electron chi connectivity index (χ0n) is 18.0. The molecule has 1 amide bonds. The van der Waals surface area contributed by atoms with E-state index in [1.165, 1.54) is 31.4 Å². The van der Waals surface area contributed by atoms with Crippen molar-refractivity contribution in [3.8, 4) is 0 Å². The fraction of sp³-hybridized carbons (Fsp3) is 0.739. The third-order valence-corrected chi connectivity index (χ3v) is 7.04. The second kappa shape index (κ2) is 10.0. The number of pyridine rings is 1. The van der Waals surface area contributed by atoms with Gasteiger partial charge in [-0.3, -0.25) is 19.6 Å². The van der Waals surface area contributed by atoms with E-state index >= 15 is 0 Å². The van der Waals surface area contributed by atoms with E-state index in [1.807, 2.05) is 18.5 Å². The average Bonchev–Trinajstić information content (AvgIpc) is 2.99. The van der Waals surface area contributed by atoms with Crippen molar-refractivity contribution in [2.24, 2.45) is 5.92 Å². The number of likely N-dealkylation sites (tertiary alicyclic amines) is 2. The fourth-order valence-electron chi connectivity index (χ4n) is 5.26. The van der Waals surface area contributed by atoms with Crippen molar-refractivity contribution in [1.29, 1.82) is 0 Å². The van der Waals surface area contributed by atoms with Gasteiger partial charge < -0.3 is 9.80 Å². The summed E-state index contributed by atoms with van der Waals surface area (Å²) in [6.45, 7) is 9.39. The summed E-state index contributed by atoms with van der Waals surface area (Å²) in [5.74, 6) is 0.625. The Hall–Kier alpha value is -1.50. The number of likely N-dealkylation sites (N-methyl/N-ethyl adjacent to an activating group) is 1. The number of aromatic nitrogens is 1. The van der Waals surface area contributed by atoms with Crippen molar-refractivity contribution < 1.29 is 4.79 Å². The number of piperidine rings is 2. The monoisotopic (exact) mass is 399 g/mol. The largest absolute Gasteiger partial charge is 0.341 e. The maximum absolute atomic E-state index is 13.2. The van der Waals surface area contributed by atoms with Crippen molar-refractivity contribution in [1.82, 2.24) is 24.6 Å².